The summed E-state index contributed by atoms with van der Waals surface area (Å²) in [6.45, 7) is 3.01. The summed E-state index contributed by atoms with van der Waals surface area (Å²) in [4.78, 5) is 18.6. The third kappa shape index (κ3) is 3.86. The van der Waals surface area contributed by atoms with Crippen LogP contribution >= 0.6 is 11.6 Å². The molecule has 0 N–H and O–H groups in total. The Balaban J connectivity index is 1.42. The largest absolute Gasteiger partial charge is 0.368 e. The predicted octanol–water partition coefficient (Wildman–Crippen LogP) is 1.49. The lowest BCUT2D eigenvalue weighted by Gasteiger charge is -2.37. The third-order valence-electron chi connectivity index (χ3n) is 4.81. The van der Waals surface area contributed by atoms with E-state index in [4.69, 9.17) is 11.6 Å². The zero-order valence-electron chi connectivity index (χ0n) is 14.6. The Morgan fingerprint density at radius 2 is 1.85 bits per heavy atom. The zero-order valence-corrected chi connectivity index (χ0v) is 16.2. The van der Waals surface area contributed by atoms with Crippen molar-refractivity contribution >= 4 is 39.1 Å². The highest BCUT2D eigenvalue weighted by Crippen LogP contribution is 2.22. The summed E-state index contributed by atoms with van der Waals surface area (Å²) >= 11 is 6.06. The van der Waals surface area contributed by atoms with Crippen LogP contribution in [0.4, 0.5) is 5.69 Å². The van der Waals surface area contributed by atoms with Crippen LogP contribution in [-0.4, -0.2) is 68.4 Å². The van der Waals surface area contributed by atoms with Crippen LogP contribution < -0.4 is 4.90 Å². The number of anilines is 1. The second-order valence-corrected chi connectivity index (χ2v) is 8.80. The van der Waals surface area contributed by atoms with Gasteiger partial charge in [-0.1, -0.05) is 17.7 Å². The van der Waals surface area contributed by atoms with Crippen molar-refractivity contribution in [1.82, 2.24) is 9.80 Å². The molecular weight excluding hydrogens is 388 g/mol. The number of piperazine rings is 1. The number of hydrogen-bond donors (Lipinski definition) is 0. The monoisotopic (exact) mass is 406 g/mol. The van der Waals surface area contributed by atoms with Crippen LogP contribution in [0.25, 0.3) is 0 Å². The Kier molecular flexibility index (Phi) is 4.69. The van der Waals surface area contributed by atoms with Gasteiger partial charge in [0.05, 0.1) is 11.3 Å². The van der Waals surface area contributed by atoms with Crippen molar-refractivity contribution in [3.8, 4) is 0 Å². The van der Waals surface area contributed by atoms with Crippen LogP contribution in [0, 0.1) is 0 Å². The van der Waals surface area contributed by atoms with Gasteiger partial charge in [0.25, 0.3) is 15.9 Å². The molecule has 0 aliphatic carbocycles. The number of sulfonamides is 1. The van der Waals surface area contributed by atoms with E-state index in [1.54, 1.807) is 23.3 Å². The predicted molar refractivity (Wildman–Crippen MR) is 105 cm³/mol. The molecule has 27 heavy (non-hydrogen) atoms. The second-order valence-electron chi connectivity index (χ2n) is 6.61. The van der Waals surface area contributed by atoms with Gasteiger partial charge in [0.2, 0.25) is 0 Å². The van der Waals surface area contributed by atoms with Crippen molar-refractivity contribution in [1.29, 1.82) is 0 Å². The molecule has 1 aromatic rings. The first-order chi connectivity index (χ1) is 12.9. The molecule has 4 rings (SSSR count). The molecule has 1 saturated heterocycles. The van der Waals surface area contributed by atoms with Gasteiger partial charge < -0.3 is 14.7 Å². The minimum Gasteiger partial charge on any atom is -0.368 e. The summed E-state index contributed by atoms with van der Waals surface area (Å²) in [6, 6.07) is 7.71. The molecule has 0 bridgehead atoms. The van der Waals surface area contributed by atoms with Gasteiger partial charge in [-0.05, 0) is 30.4 Å². The molecular formula is C18H19ClN4O3S. The maximum Gasteiger partial charge on any atom is 0.256 e. The van der Waals surface area contributed by atoms with E-state index in [-0.39, 0.29) is 11.7 Å². The van der Waals surface area contributed by atoms with Gasteiger partial charge in [-0.3, -0.25) is 4.79 Å². The first-order valence-corrected chi connectivity index (χ1v) is 10.7. The zero-order chi connectivity index (χ0) is 19.0. The molecule has 9 heteroatoms. The van der Waals surface area contributed by atoms with Crippen LogP contribution in [-0.2, 0) is 14.8 Å². The molecule has 0 aromatic heterocycles. The number of rotatable bonds is 2. The van der Waals surface area contributed by atoms with Gasteiger partial charge in [-0.15, -0.1) is 4.40 Å². The van der Waals surface area contributed by atoms with E-state index < -0.39 is 10.0 Å². The fourth-order valence-electron chi connectivity index (χ4n) is 3.35. The summed E-state index contributed by atoms with van der Waals surface area (Å²) in [5.74, 6) is 0.272. The number of carbonyl (C=O) groups excluding carboxylic acids is 1. The average Bonchev–Trinajstić information content (AvgIpc) is 2.66. The molecule has 142 valence electrons. The minimum atomic E-state index is -3.39. The van der Waals surface area contributed by atoms with Gasteiger partial charge in [-0.25, -0.2) is 8.42 Å². The molecule has 7 nitrogen and oxygen atoms in total. The van der Waals surface area contributed by atoms with E-state index in [9.17, 15) is 13.2 Å². The number of carbonyl (C=O) groups is 1. The number of amidine groups is 1. The third-order valence-corrected chi connectivity index (χ3v) is 6.21. The second kappa shape index (κ2) is 7.01. The quantitative estimate of drug-likeness (QED) is 0.744. The summed E-state index contributed by atoms with van der Waals surface area (Å²) in [5, 5.41) is 0.699. The van der Waals surface area contributed by atoms with Crippen molar-refractivity contribution < 1.29 is 13.2 Å². The van der Waals surface area contributed by atoms with Gasteiger partial charge >= 0.3 is 0 Å². The fraction of sp³-hybridized carbons (Fsp3) is 0.333. The van der Waals surface area contributed by atoms with Crippen molar-refractivity contribution in [2.45, 2.75) is 0 Å². The lowest BCUT2D eigenvalue weighted by Crippen LogP contribution is -2.49. The van der Waals surface area contributed by atoms with Crippen LogP contribution in [0.3, 0.4) is 0 Å². The van der Waals surface area contributed by atoms with Gasteiger partial charge in [-0.2, -0.15) is 0 Å². The summed E-state index contributed by atoms with van der Waals surface area (Å²) in [7, 11) is -3.39. The first kappa shape index (κ1) is 18.1. The Morgan fingerprint density at radius 1 is 1.07 bits per heavy atom. The normalized spacial score (nSPS) is 21.4. The molecule has 3 aliphatic heterocycles. The van der Waals surface area contributed by atoms with Crippen LogP contribution in [0.1, 0.15) is 0 Å². The highest BCUT2D eigenvalue weighted by molar-refractivity contribution is 7.90. The van der Waals surface area contributed by atoms with Crippen molar-refractivity contribution in [3.63, 3.8) is 0 Å². The van der Waals surface area contributed by atoms with E-state index in [0.29, 0.717) is 36.1 Å². The Labute approximate surface area is 163 Å². The standard InChI is InChI=1S/C18H19ClN4O3S/c19-15-2-1-3-16(12-15)21-6-8-22(9-7-21)18(24)14-4-5-17-20-27(25,26)11-10-23(17)13-14/h1-5,12-13H,6-11H2. The first-order valence-electron chi connectivity index (χ1n) is 8.70. The lowest BCUT2D eigenvalue weighted by atomic mass is 10.1. The van der Waals surface area contributed by atoms with E-state index in [1.165, 1.54) is 0 Å². The van der Waals surface area contributed by atoms with Crippen molar-refractivity contribution in [3.05, 3.63) is 53.2 Å². The highest BCUT2D eigenvalue weighted by Gasteiger charge is 2.28. The number of nitrogens with zero attached hydrogens (tertiary/aromatic N) is 4. The molecule has 3 aliphatic rings. The number of hydrogen-bond acceptors (Lipinski definition) is 5. The number of benzene rings is 1. The molecule has 3 heterocycles. The Bertz CT molecular complexity index is 963. The smallest absolute Gasteiger partial charge is 0.256 e. The molecule has 0 spiro atoms. The van der Waals surface area contributed by atoms with Gasteiger partial charge in [0, 0.05) is 49.6 Å². The maximum absolute atomic E-state index is 12.8. The van der Waals surface area contributed by atoms with Gasteiger partial charge in [0.1, 0.15) is 5.84 Å². The van der Waals surface area contributed by atoms with Crippen LogP contribution in [0.2, 0.25) is 5.02 Å². The molecule has 1 fully saturated rings. The SMILES string of the molecule is O=C(C1=CN2CCS(=O)(=O)N=C2C=C1)N1CCN(c2cccc(Cl)c2)CC1. The van der Waals surface area contributed by atoms with Crippen LogP contribution in [0.5, 0.6) is 0 Å². The van der Waals surface area contributed by atoms with E-state index in [1.807, 2.05) is 29.2 Å². The van der Waals surface area contributed by atoms with Crippen molar-refractivity contribution in [2.24, 2.45) is 4.40 Å². The molecule has 0 radical (unpaired) electrons. The van der Waals surface area contributed by atoms with E-state index in [2.05, 4.69) is 9.30 Å². The summed E-state index contributed by atoms with van der Waals surface area (Å²) < 4.78 is 26.9. The number of fused-ring (bicyclic) bond motifs is 1. The molecule has 0 atom stereocenters. The minimum absolute atomic E-state index is 0.0411. The Hall–Kier alpha value is -2.32. The number of halogens is 1. The molecule has 0 saturated carbocycles. The molecule has 0 unspecified atom stereocenters. The van der Waals surface area contributed by atoms with Gasteiger partial charge in [0.15, 0.2) is 0 Å². The molecule has 1 amide bonds. The summed E-state index contributed by atoms with van der Waals surface area (Å²) in [6.07, 6.45) is 4.92. The highest BCUT2D eigenvalue weighted by atomic mass is 35.5. The lowest BCUT2D eigenvalue weighted by molar-refractivity contribution is -0.127. The molecule has 1 aromatic carbocycles. The van der Waals surface area contributed by atoms with E-state index in [0.717, 1.165) is 18.8 Å². The van der Waals surface area contributed by atoms with Crippen molar-refractivity contribution in [2.75, 3.05) is 43.4 Å². The fourth-order valence-corrected chi connectivity index (χ4v) is 4.50. The average molecular weight is 407 g/mol. The van der Waals surface area contributed by atoms with E-state index >= 15 is 0 Å². The topological polar surface area (TPSA) is 73.3 Å². The maximum atomic E-state index is 12.8. The Morgan fingerprint density at radius 3 is 2.59 bits per heavy atom. The van der Waals surface area contributed by atoms with Crippen LogP contribution in [0.15, 0.2) is 52.6 Å². The summed E-state index contributed by atoms with van der Waals surface area (Å²) in [5.41, 5.74) is 1.60. The number of amides is 1.